The van der Waals surface area contributed by atoms with E-state index >= 15 is 0 Å². The zero-order chi connectivity index (χ0) is 22.5. The monoisotopic (exact) mass is 440 g/mol. The number of hydrogen-bond donors (Lipinski definition) is 2. The predicted molar refractivity (Wildman–Crippen MR) is 143 cm³/mol. The van der Waals surface area contributed by atoms with Crippen molar-refractivity contribution in [3.8, 4) is 11.1 Å². The van der Waals surface area contributed by atoms with Crippen LogP contribution >= 0.6 is 11.3 Å². The Kier molecular flexibility index (Phi) is 7.21. The van der Waals surface area contributed by atoms with Crippen LogP contribution in [0.1, 0.15) is 37.8 Å². The van der Waals surface area contributed by atoms with E-state index in [4.69, 9.17) is 11.5 Å². The second kappa shape index (κ2) is 10.3. The van der Waals surface area contributed by atoms with Crippen molar-refractivity contribution in [3.63, 3.8) is 0 Å². The molecule has 164 valence electrons. The quantitative estimate of drug-likeness (QED) is 0.282. The first-order valence-corrected chi connectivity index (χ1v) is 12.3. The van der Waals surface area contributed by atoms with Crippen LogP contribution < -0.4 is 11.5 Å². The molecule has 0 radical (unpaired) electrons. The molecule has 2 nitrogen and oxygen atoms in total. The summed E-state index contributed by atoms with van der Waals surface area (Å²) < 4.78 is 2.66. The van der Waals surface area contributed by atoms with Gasteiger partial charge in [-0.05, 0) is 91.4 Å². The Hall–Kier alpha value is -2.72. The molecule has 1 heterocycles. The van der Waals surface area contributed by atoms with E-state index in [0.29, 0.717) is 13.1 Å². The van der Waals surface area contributed by atoms with Crippen LogP contribution in [0.25, 0.3) is 36.9 Å². The molecule has 0 aliphatic carbocycles. The van der Waals surface area contributed by atoms with Crippen LogP contribution in [0.4, 0.5) is 0 Å². The van der Waals surface area contributed by atoms with Gasteiger partial charge < -0.3 is 11.5 Å². The van der Waals surface area contributed by atoms with Crippen LogP contribution in [0.15, 0.2) is 78.4 Å². The van der Waals surface area contributed by atoms with Gasteiger partial charge in [0.25, 0.3) is 0 Å². The summed E-state index contributed by atoms with van der Waals surface area (Å²) in [6.07, 6.45) is 7.41. The smallest absolute Gasteiger partial charge is 0.0355 e. The summed E-state index contributed by atoms with van der Waals surface area (Å²) in [5.41, 5.74) is 19.3. The molecule has 0 amide bonds. The highest BCUT2D eigenvalue weighted by atomic mass is 32.1. The molecule has 0 aliphatic rings. The van der Waals surface area contributed by atoms with Gasteiger partial charge in [0, 0.05) is 20.2 Å². The van der Waals surface area contributed by atoms with Crippen molar-refractivity contribution in [1.29, 1.82) is 0 Å². The zero-order valence-electron chi connectivity index (χ0n) is 19.0. The Labute approximate surface area is 195 Å². The summed E-state index contributed by atoms with van der Waals surface area (Å²) in [6.45, 7) is 5.69. The van der Waals surface area contributed by atoms with Crippen molar-refractivity contribution >= 4 is 37.1 Å². The highest BCUT2D eigenvalue weighted by Gasteiger charge is 2.10. The van der Waals surface area contributed by atoms with Gasteiger partial charge in [-0.25, -0.2) is 0 Å². The van der Waals surface area contributed by atoms with Gasteiger partial charge in [0.05, 0.1) is 0 Å². The third-order valence-corrected chi connectivity index (χ3v) is 7.24. The minimum atomic E-state index is 0.674. The molecule has 0 fully saturated rings. The van der Waals surface area contributed by atoms with Crippen LogP contribution in [-0.4, -0.2) is 13.1 Å². The maximum absolute atomic E-state index is 5.81. The Balaban J connectivity index is 1.79. The van der Waals surface area contributed by atoms with E-state index in [2.05, 4.69) is 86.7 Å². The summed E-state index contributed by atoms with van der Waals surface area (Å²) in [4.78, 5) is 0. The van der Waals surface area contributed by atoms with Crippen molar-refractivity contribution in [1.82, 2.24) is 0 Å². The Morgan fingerprint density at radius 2 is 1.62 bits per heavy atom. The first-order chi connectivity index (χ1) is 15.7. The van der Waals surface area contributed by atoms with E-state index < -0.39 is 0 Å². The number of thiophene rings is 1. The Morgan fingerprint density at radius 1 is 0.875 bits per heavy atom. The second-order valence-corrected chi connectivity index (χ2v) is 9.29. The maximum Gasteiger partial charge on any atom is 0.0355 e. The molecule has 0 saturated heterocycles. The minimum absolute atomic E-state index is 0.674. The molecular formula is C29H32N2S. The number of nitrogens with two attached hydrogens (primary N) is 2. The molecule has 0 spiro atoms. The van der Waals surface area contributed by atoms with Crippen LogP contribution in [-0.2, 0) is 6.42 Å². The molecule has 4 rings (SSSR count). The van der Waals surface area contributed by atoms with Gasteiger partial charge in [-0.1, -0.05) is 61.0 Å². The van der Waals surface area contributed by atoms with Crippen molar-refractivity contribution < 1.29 is 0 Å². The number of benzene rings is 3. The first-order valence-electron chi connectivity index (χ1n) is 11.5. The van der Waals surface area contributed by atoms with E-state index in [0.717, 1.165) is 19.3 Å². The van der Waals surface area contributed by atoms with Crippen molar-refractivity contribution in [2.45, 2.75) is 33.1 Å². The SMILES string of the molecule is CC=C(C=C(CC)CCN)c1ccc2sc3ccc(-c4cccc(CCN)c4)cc3c2c1. The van der Waals surface area contributed by atoms with E-state index in [-0.39, 0.29) is 0 Å². The first kappa shape index (κ1) is 22.5. The highest BCUT2D eigenvalue weighted by molar-refractivity contribution is 7.25. The Morgan fingerprint density at radius 3 is 2.34 bits per heavy atom. The molecule has 3 heteroatoms. The van der Waals surface area contributed by atoms with Gasteiger partial charge in [-0.2, -0.15) is 0 Å². The minimum Gasteiger partial charge on any atom is -0.330 e. The molecule has 0 aliphatic heterocycles. The summed E-state index contributed by atoms with van der Waals surface area (Å²) in [6, 6.07) is 22.4. The normalized spacial score (nSPS) is 12.8. The van der Waals surface area contributed by atoms with E-state index in [9.17, 15) is 0 Å². The molecule has 3 aromatic carbocycles. The number of fused-ring (bicyclic) bond motifs is 3. The molecule has 1 aromatic heterocycles. The van der Waals surface area contributed by atoms with Gasteiger partial charge in [0.2, 0.25) is 0 Å². The van der Waals surface area contributed by atoms with Gasteiger partial charge in [0.15, 0.2) is 0 Å². The van der Waals surface area contributed by atoms with Gasteiger partial charge >= 0.3 is 0 Å². The lowest BCUT2D eigenvalue weighted by atomic mass is 9.97. The molecule has 0 unspecified atom stereocenters. The van der Waals surface area contributed by atoms with Crippen LogP contribution in [0, 0.1) is 0 Å². The molecule has 4 N–H and O–H groups in total. The number of rotatable bonds is 8. The van der Waals surface area contributed by atoms with Crippen molar-refractivity contribution in [2.24, 2.45) is 11.5 Å². The van der Waals surface area contributed by atoms with Crippen molar-refractivity contribution in [3.05, 3.63) is 89.5 Å². The van der Waals surface area contributed by atoms with Gasteiger partial charge in [-0.3, -0.25) is 0 Å². The van der Waals surface area contributed by atoms with Gasteiger partial charge in [-0.15, -0.1) is 11.3 Å². The zero-order valence-corrected chi connectivity index (χ0v) is 19.8. The molecule has 0 bridgehead atoms. The molecule has 0 atom stereocenters. The highest BCUT2D eigenvalue weighted by Crippen LogP contribution is 2.38. The fourth-order valence-corrected chi connectivity index (χ4v) is 5.37. The average Bonchev–Trinajstić information content (AvgIpc) is 3.19. The van der Waals surface area contributed by atoms with Gasteiger partial charge in [0.1, 0.15) is 0 Å². The van der Waals surface area contributed by atoms with Crippen LogP contribution in [0.2, 0.25) is 0 Å². The van der Waals surface area contributed by atoms with Crippen LogP contribution in [0.3, 0.4) is 0 Å². The average molecular weight is 441 g/mol. The fraction of sp³-hybridized carbons (Fsp3) is 0.241. The lowest BCUT2D eigenvalue weighted by Gasteiger charge is -2.08. The predicted octanol–water partition coefficient (Wildman–Crippen LogP) is 7.31. The van der Waals surface area contributed by atoms with Crippen LogP contribution in [0.5, 0.6) is 0 Å². The standard InChI is InChI=1S/C29H32N2S/c1-3-20(12-14-30)16-22(4-2)24-8-10-28-26(18-24)27-19-25(9-11-29(27)32-28)23-7-5-6-21(17-23)13-15-31/h4-11,16-19H,3,12-15,30-31H2,1-2H3. The number of hydrogen-bond acceptors (Lipinski definition) is 3. The van der Waals surface area contributed by atoms with Crippen molar-refractivity contribution in [2.75, 3.05) is 13.1 Å². The summed E-state index contributed by atoms with van der Waals surface area (Å²) >= 11 is 1.86. The third-order valence-electron chi connectivity index (χ3n) is 6.09. The number of allylic oxidation sites excluding steroid dienone is 3. The molecule has 0 saturated carbocycles. The maximum atomic E-state index is 5.81. The Bertz CT molecular complexity index is 1290. The lowest BCUT2D eigenvalue weighted by Crippen LogP contribution is -2.02. The fourth-order valence-electron chi connectivity index (χ4n) is 4.30. The summed E-state index contributed by atoms with van der Waals surface area (Å²) in [7, 11) is 0. The summed E-state index contributed by atoms with van der Waals surface area (Å²) in [5.74, 6) is 0. The largest absolute Gasteiger partial charge is 0.330 e. The second-order valence-electron chi connectivity index (χ2n) is 8.20. The lowest BCUT2D eigenvalue weighted by molar-refractivity contribution is 0.895. The molecule has 4 aromatic rings. The molecule has 32 heavy (non-hydrogen) atoms. The van der Waals surface area contributed by atoms with E-state index in [1.54, 1.807) is 0 Å². The topological polar surface area (TPSA) is 52.0 Å². The molecular weight excluding hydrogens is 408 g/mol. The van der Waals surface area contributed by atoms with E-state index in [1.807, 2.05) is 11.3 Å². The summed E-state index contributed by atoms with van der Waals surface area (Å²) in [5, 5.41) is 2.65. The van der Waals surface area contributed by atoms with E-state index in [1.165, 1.54) is 53.6 Å². The third kappa shape index (κ3) is 4.71.